The van der Waals surface area contributed by atoms with Crippen LogP contribution < -0.4 is 5.32 Å². The van der Waals surface area contributed by atoms with Crippen molar-refractivity contribution in [3.8, 4) is 0 Å². The highest BCUT2D eigenvalue weighted by molar-refractivity contribution is 6.31. The van der Waals surface area contributed by atoms with Crippen LogP contribution >= 0.6 is 23.2 Å². The van der Waals surface area contributed by atoms with Crippen LogP contribution in [0.25, 0.3) is 0 Å². The fourth-order valence-electron chi connectivity index (χ4n) is 1.95. The van der Waals surface area contributed by atoms with E-state index in [1.807, 2.05) is 38.1 Å². The van der Waals surface area contributed by atoms with Gasteiger partial charge in [-0.3, -0.25) is 0 Å². The fourth-order valence-corrected chi connectivity index (χ4v) is 2.35. The van der Waals surface area contributed by atoms with E-state index >= 15 is 0 Å². The molecule has 3 heteroatoms. The van der Waals surface area contributed by atoms with Crippen LogP contribution in [0, 0.1) is 20.8 Å². The van der Waals surface area contributed by atoms with Crippen LogP contribution in [0.15, 0.2) is 30.3 Å². The van der Waals surface area contributed by atoms with Crippen molar-refractivity contribution in [2.45, 2.75) is 27.3 Å². The maximum Gasteiger partial charge on any atom is 0.0441 e. The molecule has 0 bridgehead atoms. The molecule has 0 amide bonds. The second-order valence-corrected chi connectivity index (χ2v) is 5.65. The maximum atomic E-state index is 6.20. The highest BCUT2D eigenvalue weighted by atomic mass is 35.5. The Balaban J connectivity index is 2.12. The van der Waals surface area contributed by atoms with Crippen LogP contribution in [-0.2, 0) is 6.54 Å². The Hall–Kier alpha value is -1.18. The van der Waals surface area contributed by atoms with Crippen LogP contribution in [0.3, 0.4) is 0 Å². The third-order valence-corrected chi connectivity index (χ3v) is 4.14. The van der Waals surface area contributed by atoms with Crippen molar-refractivity contribution in [1.29, 1.82) is 0 Å². The first-order valence-corrected chi connectivity index (χ1v) is 6.98. The van der Waals surface area contributed by atoms with Crippen molar-refractivity contribution in [3.05, 3.63) is 62.6 Å². The molecular formula is C16H17Cl2N. The molecular weight excluding hydrogens is 277 g/mol. The standard InChI is InChI=1S/C16H17Cl2N/c1-10-6-13(8-16(18)12(10)3)9-19-14-4-5-15(17)11(2)7-14/h4-8,19H,9H2,1-3H3. The monoisotopic (exact) mass is 293 g/mol. The van der Waals surface area contributed by atoms with Crippen molar-refractivity contribution in [2.24, 2.45) is 0 Å². The first kappa shape index (κ1) is 14.2. The van der Waals surface area contributed by atoms with Crippen LogP contribution in [0.1, 0.15) is 22.3 Å². The first-order valence-electron chi connectivity index (χ1n) is 6.23. The summed E-state index contributed by atoms with van der Waals surface area (Å²) in [5.41, 5.74) is 5.69. The van der Waals surface area contributed by atoms with E-state index in [0.717, 1.165) is 33.4 Å². The summed E-state index contributed by atoms with van der Waals surface area (Å²) in [6.07, 6.45) is 0. The lowest BCUT2D eigenvalue weighted by Gasteiger charge is -2.11. The van der Waals surface area contributed by atoms with Gasteiger partial charge in [-0.1, -0.05) is 29.3 Å². The molecule has 0 spiro atoms. The normalized spacial score (nSPS) is 10.6. The van der Waals surface area contributed by atoms with Gasteiger partial charge >= 0.3 is 0 Å². The Morgan fingerprint density at radius 1 is 0.895 bits per heavy atom. The minimum absolute atomic E-state index is 0.752. The molecule has 0 unspecified atom stereocenters. The van der Waals surface area contributed by atoms with Gasteiger partial charge in [-0.05, 0) is 67.3 Å². The predicted molar refractivity (Wildman–Crippen MR) is 84.4 cm³/mol. The molecule has 0 aliphatic carbocycles. The third-order valence-electron chi connectivity index (χ3n) is 3.32. The lowest BCUT2D eigenvalue weighted by atomic mass is 10.1. The van der Waals surface area contributed by atoms with Crippen molar-refractivity contribution in [1.82, 2.24) is 0 Å². The highest BCUT2D eigenvalue weighted by Crippen LogP contribution is 2.23. The smallest absolute Gasteiger partial charge is 0.0441 e. The van der Waals surface area contributed by atoms with Crippen molar-refractivity contribution in [3.63, 3.8) is 0 Å². The Kier molecular flexibility index (Phi) is 4.38. The summed E-state index contributed by atoms with van der Waals surface area (Å²) < 4.78 is 0. The Labute approximate surface area is 124 Å². The topological polar surface area (TPSA) is 12.0 Å². The summed E-state index contributed by atoms with van der Waals surface area (Å²) >= 11 is 12.2. The molecule has 0 aromatic heterocycles. The average Bonchev–Trinajstić information content (AvgIpc) is 2.37. The predicted octanol–water partition coefficient (Wildman–Crippen LogP) is 5.53. The summed E-state index contributed by atoms with van der Waals surface area (Å²) in [6.45, 7) is 6.87. The van der Waals surface area contributed by atoms with Crippen LogP contribution in [0.2, 0.25) is 10.0 Å². The van der Waals surface area contributed by atoms with E-state index in [1.54, 1.807) is 0 Å². The van der Waals surface area contributed by atoms with E-state index in [2.05, 4.69) is 18.3 Å². The van der Waals surface area contributed by atoms with Gasteiger partial charge < -0.3 is 5.32 Å². The van der Waals surface area contributed by atoms with Crippen LogP contribution in [-0.4, -0.2) is 0 Å². The zero-order valence-corrected chi connectivity index (χ0v) is 12.9. The number of rotatable bonds is 3. The van der Waals surface area contributed by atoms with Crippen LogP contribution in [0.5, 0.6) is 0 Å². The number of nitrogens with one attached hydrogen (secondary N) is 1. The van der Waals surface area contributed by atoms with E-state index in [9.17, 15) is 0 Å². The number of aryl methyl sites for hydroxylation is 2. The van der Waals surface area contributed by atoms with E-state index in [1.165, 1.54) is 11.1 Å². The van der Waals surface area contributed by atoms with Crippen molar-refractivity contribution in [2.75, 3.05) is 5.32 Å². The molecule has 2 aromatic rings. The second-order valence-electron chi connectivity index (χ2n) is 4.84. The van der Waals surface area contributed by atoms with Crippen molar-refractivity contribution < 1.29 is 0 Å². The molecule has 1 nitrogen and oxygen atoms in total. The molecule has 0 saturated carbocycles. The van der Waals surface area contributed by atoms with E-state index in [0.29, 0.717) is 0 Å². The molecule has 0 aliphatic heterocycles. The molecule has 0 saturated heterocycles. The number of hydrogen-bond donors (Lipinski definition) is 1. The summed E-state index contributed by atoms with van der Waals surface area (Å²) in [5.74, 6) is 0. The summed E-state index contributed by atoms with van der Waals surface area (Å²) in [6, 6.07) is 10.1. The molecule has 1 N–H and O–H groups in total. The molecule has 0 aliphatic rings. The van der Waals surface area contributed by atoms with Gasteiger partial charge in [-0.2, -0.15) is 0 Å². The van der Waals surface area contributed by atoms with Gasteiger partial charge in [0.05, 0.1) is 0 Å². The lowest BCUT2D eigenvalue weighted by Crippen LogP contribution is -2.00. The second kappa shape index (κ2) is 5.85. The third kappa shape index (κ3) is 3.43. The zero-order valence-electron chi connectivity index (χ0n) is 11.3. The van der Waals surface area contributed by atoms with E-state index in [-0.39, 0.29) is 0 Å². The Bertz CT molecular complexity index is 583. The number of benzene rings is 2. The maximum absolute atomic E-state index is 6.20. The van der Waals surface area contributed by atoms with Gasteiger partial charge in [0, 0.05) is 22.3 Å². The Morgan fingerprint density at radius 2 is 1.63 bits per heavy atom. The highest BCUT2D eigenvalue weighted by Gasteiger charge is 2.03. The van der Waals surface area contributed by atoms with Crippen molar-refractivity contribution >= 4 is 28.9 Å². The molecule has 19 heavy (non-hydrogen) atoms. The van der Waals surface area contributed by atoms with Gasteiger partial charge in [0.25, 0.3) is 0 Å². The van der Waals surface area contributed by atoms with Crippen LogP contribution in [0.4, 0.5) is 5.69 Å². The number of halogens is 2. The molecule has 0 fully saturated rings. The minimum Gasteiger partial charge on any atom is -0.381 e. The summed E-state index contributed by atoms with van der Waals surface area (Å²) in [5, 5.41) is 5.00. The average molecular weight is 294 g/mol. The van der Waals surface area contributed by atoms with Gasteiger partial charge in [0.15, 0.2) is 0 Å². The van der Waals surface area contributed by atoms with Gasteiger partial charge in [0.2, 0.25) is 0 Å². The largest absolute Gasteiger partial charge is 0.381 e. The quantitative estimate of drug-likeness (QED) is 0.784. The first-order chi connectivity index (χ1) is 8.97. The summed E-state index contributed by atoms with van der Waals surface area (Å²) in [7, 11) is 0. The molecule has 0 atom stereocenters. The molecule has 100 valence electrons. The van der Waals surface area contributed by atoms with E-state index < -0.39 is 0 Å². The van der Waals surface area contributed by atoms with E-state index in [4.69, 9.17) is 23.2 Å². The van der Waals surface area contributed by atoms with Gasteiger partial charge in [0.1, 0.15) is 0 Å². The lowest BCUT2D eigenvalue weighted by molar-refractivity contribution is 1.13. The van der Waals surface area contributed by atoms with Gasteiger partial charge in [-0.15, -0.1) is 0 Å². The Morgan fingerprint density at radius 3 is 2.26 bits per heavy atom. The summed E-state index contributed by atoms with van der Waals surface area (Å²) in [4.78, 5) is 0. The molecule has 2 aromatic carbocycles. The number of anilines is 1. The SMILES string of the molecule is Cc1cc(NCc2cc(C)c(C)c(Cl)c2)ccc1Cl. The fraction of sp³-hybridized carbons (Fsp3) is 0.250. The molecule has 0 heterocycles. The molecule has 0 radical (unpaired) electrons. The zero-order chi connectivity index (χ0) is 14.0. The molecule has 2 rings (SSSR count). The number of hydrogen-bond acceptors (Lipinski definition) is 1. The van der Waals surface area contributed by atoms with Gasteiger partial charge in [-0.25, -0.2) is 0 Å². The minimum atomic E-state index is 0.752.